The average molecular weight is 966 g/mol. The van der Waals surface area contributed by atoms with E-state index >= 15 is 0 Å². The van der Waals surface area contributed by atoms with Gasteiger partial charge in [0.2, 0.25) is 0 Å². The van der Waals surface area contributed by atoms with Crippen LogP contribution in [0, 0.1) is 0 Å². The molecule has 0 N–H and O–H groups in total. The molecule has 75 heavy (non-hydrogen) atoms. The third kappa shape index (κ3) is 8.30. The van der Waals surface area contributed by atoms with Crippen molar-refractivity contribution in [3.8, 4) is 112 Å². The van der Waals surface area contributed by atoms with Crippen molar-refractivity contribution in [2.45, 2.75) is 12.2 Å². The Balaban J connectivity index is 0.803. The first-order valence-electron chi connectivity index (χ1n) is 25.0. The van der Waals surface area contributed by atoms with Crippen molar-refractivity contribution in [2.24, 2.45) is 0 Å². The minimum Gasteiger partial charge on any atom is -0.478 e. The lowest BCUT2D eigenvalue weighted by molar-refractivity contribution is 0.0769. The van der Waals surface area contributed by atoms with Gasteiger partial charge in [0, 0.05) is 63.4 Å². The van der Waals surface area contributed by atoms with E-state index in [1.165, 1.54) is 0 Å². The van der Waals surface area contributed by atoms with Crippen molar-refractivity contribution in [1.29, 1.82) is 0 Å². The summed E-state index contributed by atoms with van der Waals surface area (Å²) in [5.41, 5.74) is 16.9. The number of aromatic nitrogens is 5. The Labute approximate surface area is 432 Å². The van der Waals surface area contributed by atoms with Crippen LogP contribution in [0.15, 0.2) is 254 Å². The summed E-state index contributed by atoms with van der Waals surface area (Å²) in [5, 5.41) is 2.12. The largest absolute Gasteiger partial charge is 0.478 e. The maximum atomic E-state index is 6.93. The molecule has 12 aromatic rings. The molecule has 1 aliphatic heterocycles. The van der Waals surface area contributed by atoms with E-state index in [2.05, 4.69) is 168 Å². The summed E-state index contributed by atoms with van der Waals surface area (Å²) in [5.74, 6) is 3.15. The Morgan fingerprint density at radius 3 is 1.27 bits per heavy atom. The molecule has 8 aromatic carbocycles. The Kier molecular flexibility index (Phi) is 10.8. The van der Waals surface area contributed by atoms with E-state index in [4.69, 9.17) is 28.8 Å². The van der Waals surface area contributed by atoms with E-state index in [1.807, 2.05) is 91.5 Å². The average Bonchev–Trinajstić information content (AvgIpc) is 3.87. The van der Waals surface area contributed by atoms with Crippen LogP contribution in [0.3, 0.4) is 0 Å². The summed E-state index contributed by atoms with van der Waals surface area (Å²) >= 11 is 0. The molecule has 354 valence electrons. The molecule has 2 atom stereocenters. The summed E-state index contributed by atoms with van der Waals surface area (Å²) in [6.45, 7) is 0. The van der Waals surface area contributed by atoms with Gasteiger partial charge < -0.3 is 13.9 Å². The molecule has 0 fully saturated rings. The summed E-state index contributed by atoms with van der Waals surface area (Å²) in [6, 6.07) is 69.2. The topological polar surface area (TPSA) is 96.1 Å². The number of pyridine rings is 2. The predicted molar refractivity (Wildman–Crippen MR) is 299 cm³/mol. The van der Waals surface area contributed by atoms with Gasteiger partial charge in [-0.15, -0.1) is 0 Å². The van der Waals surface area contributed by atoms with Gasteiger partial charge in [0.05, 0.1) is 0 Å². The van der Waals surface area contributed by atoms with Gasteiger partial charge in [-0.3, -0.25) is 9.97 Å². The molecule has 0 amide bonds. The number of furan rings is 1. The number of allylic oxidation sites excluding steroid dienone is 2. The molecule has 5 heterocycles. The van der Waals surface area contributed by atoms with Gasteiger partial charge in [0.15, 0.2) is 41.2 Å². The number of fused-ring (bicyclic) bond motifs is 5. The van der Waals surface area contributed by atoms with Crippen molar-refractivity contribution < 1.29 is 13.9 Å². The van der Waals surface area contributed by atoms with Crippen molar-refractivity contribution in [3.05, 3.63) is 249 Å². The van der Waals surface area contributed by atoms with Crippen molar-refractivity contribution in [2.75, 3.05) is 0 Å². The Morgan fingerprint density at radius 2 is 0.707 bits per heavy atom. The van der Waals surface area contributed by atoms with Gasteiger partial charge in [-0.2, -0.15) is 0 Å². The van der Waals surface area contributed by atoms with E-state index < -0.39 is 0 Å². The molecular formula is C67H43N5O3. The van der Waals surface area contributed by atoms with Crippen LogP contribution < -0.4 is 9.47 Å². The quantitative estimate of drug-likeness (QED) is 0.141. The number of hydrogen-bond acceptors (Lipinski definition) is 8. The molecule has 0 spiro atoms. The number of hydrogen-bond donors (Lipinski definition) is 0. The van der Waals surface area contributed by atoms with Gasteiger partial charge in [0.1, 0.15) is 11.2 Å². The molecule has 2 aliphatic rings. The first kappa shape index (κ1) is 43.7. The molecule has 8 heteroatoms. The van der Waals surface area contributed by atoms with Crippen LogP contribution >= 0.6 is 0 Å². The highest BCUT2D eigenvalue weighted by atomic mass is 16.6. The molecular weight excluding hydrogens is 923 g/mol. The summed E-state index contributed by atoms with van der Waals surface area (Å²) < 4.78 is 20.1. The SMILES string of the molecule is C1=CC2Oc3c(-c4ccc(-c5ccc(-c6nc(-c7ccc(-c8ccccc8)cc7)nc(-c7ccc8c(c7)oc7ccccc78)n6)cc5)cc4)ccc(-c4cc(-c5ccncc5)cc(-c5ccncc5)c4)c3OC2C=C1. The van der Waals surface area contributed by atoms with Crippen molar-refractivity contribution in [1.82, 2.24) is 24.9 Å². The van der Waals surface area contributed by atoms with Gasteiger partial charge in [-0.25, -0.2) is 15.0 Å². The van der Waals surface area contributed by atoms with Crippen LogP contribution in [0.4, 0.5) is 0 Å². The smallest absolute Gasteiger partial charge is 0.170 e. The fraction of sp³-hybridized carbons (Fsp3) is 0.0299. The van der Waals surface area contributed by atoms with Crippen LogP contribution in [0.5, 0.6) is 11.5 Å². The first-order chi connectivity index (χ1) is 37.1. The van der Waals surface area contributed by atoms with E-state index in [-0.39, 0.29) is 12.2 Å². The lowest BCUT2D eigenvalue weighted by Gasteiger charge is -2.34. The summed E-state index contributed by atoms with van der Waals surface area (Å²) in [6.07, 6.45) is 14.9. The third-order valence-electron chi connectivity index (χ3n) is 14.1. The second-order valence-corrected chi connectivity index (χ2v) is 18.7. The minimum atomic E-state index is -0.265. The Bertz CT molecular complexity index is 4100. The zero-order chi connectivity index (χ0) is 49.7. The maximum absolute atomic E-state index is 6.93. The highest BCUT2D eigenvalue weighted by Crippen LogP contribution is 2.50. The number of ether oxygens (including phenoxy) is 2. The molecule has 0 saturated heterocycles. The molecule has 1 aliphatic carbocycles. The number of rotatable bonds is 9. The molecule has 0 radical (unpaired) electrons. The van der Waals surface area contributed by atoms with Crippen LogP contribution in [0.1, 0.15) is 0 Å². The van der Waals surface area contributed by atoms with Gasteiger partial charge in [-0.05, 0) is 141 Å². The normalized spacial score (nSPS) is 14.5. The molecule has 14 rings (SSSR count). The van der Waals surface area contributed by atoms with Crippen LogP contribution in [-0.2, 0) is 0 Å². The molecule has 8 nitrogen and oxygen atoms in total. The molecule has 2 unspecified atom stereocenters. The highest BCUT2D eigenvalue weighted by molar-refractivity contribution is 6.05. The maximum Gasteiger partial charge on any atom is 0.170 e. The predicted octanol–water partition coefficient (Wildman–Crippen LogP) is 16.2. The van der Waals surface area contributed by atoms with Gasteiger partial charge in [0.25, 0.3) is 0 Å². The molecule has 0 saturated carbocycles. The van der Waals surface area contributed by atoms with E-state index in [0.29, 0.717) is 29.0 Å². The number of nitrogens with zero attached hydrogens (tertiary/aromatic N) is 5. The lowest BCUT2D eigenvalue weighted by Crippen LogP contribution is -2.38. The fourth-order valence-corrected chi connectivity index (χ4v) is 10.2. The standard InChI is InChI=1S/C67H43N5O3/c1-2-8-42(9-3-1)43-16-22-49(23-17-43)65-70-66(72-67(71-65)51-26-27-58-57-10-4-5-11-59(57)73-62(58)41-51)50-24-18-45(19-25-50)44-14-20-48(21-15-44)55-28-29-56(64-63(55)74-60-12-6-7-13-61(60)75-64)54-39-52(46-30-34-68-35-31-46)38-53(40-54)47-32-36-69-37-33-47/h1-41,60-61H. The molecule has 4 aromatic heterocycles. The second kappa shape index (κ2) is 18.5. The number of benzene rings is 8. The van der Waals surface area contributed by atoms with Crippen LogP contribution in [-0.4, -0.2) is 37.1 Å². The summed E-state index contributed by atoms with van der Waals surface area (Å²) in [7, 11) is 0. The third-order valence-corrected chi connectivity index (χ3v) is 14.1. The van der Waals surface area contributed by atoms with Crippen molar-refractivity contribution >= 4 is 21.9 Å². The van der Waals surface area contributed by atoms with Crippen LogP contribution in [0.25, 0.3) is 123 Å². The zero-order valence-corrected chi connectivity index (χ0v) is 40.3. The van der Waals surface area contributed by atoms with E-state index in [9.17, 15) is 0 Å². The summed E-state index contributed by atoms with van der Waals surface area (Å²) in [4.78, 5) is 23.8. The fourth-order valence-electron chi connectivity index (χ4n) is 10.2. The highest BCUT2D eigenvalue weighted by Gasteiger charge is 2.33. The monoisotopic (exact) mass is 965 g/mol. The Hall–Kier alpha value is -10.1. The lowest BCUT2D eigenvalue weighted by atomic mass is 9.91. The first-order valence-corrected chi connectivity index (χ1v) is 25.0. The van der Waals surface area contributed by atoms with Gasteiger partial charge >= 0.3 is 0 Å². The minimum absolute atomic E-state index is 0.262. The molecule has 0 bridgehead atoms. The second-order valence-electron chi connectivity index (χ2n) is 18.7. The van der Waals surface area contributed by atoms with Crippen molar-refractivity contribution in [3.63, 3.8) is 0 Å². The van der Waals surface area contributed by atoms with E-state index in [0.717, 1.165) is 105 Å². The van der Waals surface area contributed by atoms with Crippen LogP contribution in [0.2, 0.25) is 0 Å². The van der Waals surface area contributed by atoms with E-state index in [1.54, 1.807) is 0 Å². The van der Waals surface area contributed by atoms with Gasteiger partial charge in [-0.1, -0.05) is 140 Å². The number of para-hydroxylation sites is 1. The Morgan fingerprint density at radius 1 is 0.293 bits per heavy atom. The zero-order valence-electron chi connectivity index (χ0n) is 40.3.